The lowest BCUT2D eigenvalue weighted by Crippen LogP contribution is -2.13. The zero-order valence-electron chi connectivity index (χ0n) is 11.5. The van der Waals surface area contributed by atoms with E-state index in [4.69, 9.17) is 26.8 Å². The summed E-state index contributed by atoms with van der Waals surface area (Å²) in [7, 11) is 3.19. The molecule has 3 nitrogen and oxygen atoms in total. The molecule has 0 aliphatic rings. The number of hydrogen-bond acceptors (Lipinski definition) is 3. The summed E-state index contributed by atoms with van der Waals surface area (Å²) in [4.78, 5) is 0. The van der Waals surface area contributed by atoms with Crippen molar-refractivity contribution in [3.8, 4) is 11.5 Å². The molecule has 0 fully saturated rings. The van der Waals surface area contributed by atoms with Crippen molar-refractivity contribution in [3.05, 3.63) is 55.4 Å². The first kappa shape index (κ1) is 16.6. The van der Waals surface area contributed by atoms with Gasteiger partial charge in [0.15, 0.2) is 11.5 Å². The van der Waals surface area contributed by atoms with Crippen molar-refractivity contribution in [1.82, 2.24) is 0 Å². The fourth-order valence-electron chi connectivity index (χ4n) is 1.99. The number of methoxy groups -OCH3 is 2. The average molecular weight is 436 g/mol. The Kier molecular flexibility index (Phi) is 5.54. The van der Waals surface area contributed by atoms with Crippen molar-refractivity contribution < 1.29 is 9.47 Å². The second-order valence-corrected chi connectivity index (χ2v) is 6.50. The van der Waals surface area contributed by atoms with Crippen molar-refractivity contribution in [1.29, 1.82) is 0 Å². The molecule has 0 amide bonds. The molecular formula is C15H14Br2ClNO2. The maximum Gasteiger partial charge on any atom is 0.161 e. The van der Waals surface area contributed by atoms with Gasteiger partial charge in [0.1, 0.15) is 0 Å². The number of rotatable bonds is 4. The normalized spacial score (nSPS) is 12.1. The molecule has 0 saturated heterocycles. The summed E-state index contributed by atoms with van der Waals surface area (Å²) < 4.78 is 12.3. The van der Waals surface area contributed by atoms with Gasteiger partial charge < -0.3 is 15.2 Å². The molecule has 1 unspecified atom stereocenters. The molecule has 2 aromatic carbocycles. The fraction of sp³-hybridized carbons (Fsp3) is 0.200. The molecule has 2 N–H and O–H groups in total. The van der Waals surface area contributed by atoms with E-state index >= 15 is 0 Å². The molecule has 0 spiro atoms. The molecule has 0 bridgehead atoms. The first-order chi connectivity index (χ1) is 9.97. The molecule has 0 saturated carbocycles. The van der Waals surface area contributed by atoms with E-state index in [9.17, 15) is 0 Å². The Morgan fingerprint density at radius 3 is 2.19 bits per heavy atom. The zero-order valence-corrected chi connectivity index (χ0v) is 15.4. The lowest BCUT2D eigenvalue weighted by Gasteiger charge is -2.18. The average Bonchev–Trinajstić information content (AvgIpc) is 2.49. The van der Waals surface area contributed by atoms with E-state index in [-0.39, 0.29) is 6.04 Å². The highest BCUT2D eigenvalue weighted by molar-refractivity contribution is 9.10. The monoisotopic (exact) mass is 433 g/mol. The second-order valence-electron chi connectivity index (χ2n) is 4.38. The molecule has 0 aromatic heterocycles. The van der Waals surface area contributed by atoms with Gasteiger partial charge >= 0.3 is 0 Å². The first-order valence-electron chi connectivity index (χ1n) is 6.10. The van der Waals surface area contributed by atoms with Crippen LogP contribution in [0.4, 0.5) is 0 Å². The van der Waals surface area contributed by atoms with Crippen LogP contribution >= 0.6 is 43.5 Å². The molecule has 1 atom stereocenters. The van der Waals surface area contributed by atoms with Crippen molar-refractivity contribution in [2.24, 2.45) is 5.73 Å². The smallest absolute Gasteiger partial charge is 0.161 e. The van der Waals surface area contributed by atoms with Gasteiger partial charge in [-0.05, 0) is 51.3 Å². The van der Waals surface area contributed by atoms with Crippen molar-refractivity contribution >= 4 is 43.5 Å². The minimum absolute atomic E-state index is 0.329. The van der Waals surface area contributed by atoms with Crippen LogP contribution in [0.1, 0.15) is 17.2 Å². The van der Waals surface area contributed by atoms with Gasteiger partial charge in [-0.2, -0.15) is 0 Å². The second kappa shape index (κ2) is 7.01. The van der Waals surface area contributed by atoms with E-state index in [0.717, 1.165) is 20.1 Å². The lowest BCUT2D eigenvalue weighted by molar-refractivity contribution is 0.354. The number of nitrogens with two attached hydrogens (primary N) is 1. The molecule has 2 aromatic rings. The molecule has 112 valence electrons. The molecule has 0 heterocycles. The van der Waals surface area contributed by atoms with Gasteiger partial charge in [0.05, 0.1) is 25.3 Å². The Balaban J connectivity index is 2.47. The van der Waals surface area contributed by atoms with Crippen LogP contribution in [-0.4, -0.2) is 14.2 Å². The summed E-state index contributed by atoms with van der Waals surface area (Å²) in [6.07, 6.45) is 0. The minimum atomic E-state index is -0.329. The molecule has 6 heteroatoms. The zero-order chi connectivity index (χ0) is 15.6. The summed E-state index contributed by atoms with van der Waals surface area (Å²) in [5, 5.41) is 0.625. The maximum atomic E-state index is 6.35. The Labute approximate surface area is 145 Å². The Bertz CT molecular complexity index is 664. The van der Waals surface area contributed by atoms with E-state index < -0.39 is 0 Å². The molecule has 0 aliphatic heterocycles. The van der Waals surface area contributed by atoms with Crippen molar-refractivity contribution in [2.75, 3.05) is 14.2 Å². The summed E-state index contributed by atoms with van der Waals surface area (Å²) in [6, 6.07) is 9.04. The maximum absolute atomic E-state index is 6.35. The van der Waals surface area contributed by atoms with Crippen LogP contribution in [0, 0.1) is 0 Å². The van der Waals surface area contributed by atoms with Gasteiger partial charge in [0, 0.05) is 8.95 Å². The largest absolute Gasteiger partial charge is 0.493 e. The number of ether oxygens (including phenoxy) is 2. The predicted octanol–water partition coefficient (Wildman–Crippen LogP) is 4.93. The SMILES string of the molecule is COc1cc(Br)c(C(N)c2ccc(Br)c(Cl)c2)cc1OC. The summed E-state index contributed by atoms with van der Waals surface area (Å²) >= 11 is 13.0. The lowest BCUT2D eigenvalue weighted by atomic mass is 9.99. The van der Waals surface area contributed by atoms with Crippen LogP contribution in [0.2, 0.25) is 5.02 Å². The summed E-state index contributed by atoms with van der Waals surface area (Å²) in [5.41, 5.74) is 8.16. The fourth-order valence-corrected chi connectivity index (χ4v) is 3.00. The Morgan fingerprint density at radius 1 is 1.00 bits per heavy atom. The van der Waals surface area contributed by atoms with E-state index in [0.29, 0.717) is 16.5 Å². The van der Waals surface area contributed by atoms with Gasteiger partial charge in [0.25, 0.3) is 0 Å². The van der Waals surface area contributed by atoms with Crippen LogP contribution in [0.15, 0.2) is 39.3 Å². The summed E-state index contributed by atoms with van der Waals surface area (Å²) in [5.74, 6) is 1.28. The van der Waals surface area contributed by atoms with Crippen LogP contribution < -0.4 is 15.2 Å². The minimum Gasteiger partial charge on any atom is -0.493 e. The molecule has 21 heavy (non-hydrogen) atoms. The highest BCUT2D eigenvalue weighted by atomic mass is 79.9. The predicted molar refractivity (Wildman–Crippen MR) is 92.4 cm³/mol. The van der Waals surface area contributed by atoms with Crippen LogP contribution in [0.25, 0.3) is 0 Å². The Morgan fingerprint density at radius 2 is 1.62 bits per heavy atom. The highest BCUT2D eigenvalue weighted by Gasteiger charge is 2.17. The summed E-state index contributed by atoms with van der Waals surface area (Å²) in [6.45, 7) is 0. The van der Waals surface area contributed by atoms with Gasteiger partial charge in [-0.15, -0.1) is 0 Å². The van der Waals surface area contributed by atoms with Crippen LogP contribution in [0.3, 0.4) is 0 Å². The van der Waals surface area contributed by atoms with E-state index in [1.54, 1.807) is 14.2 Å². The molecule has 0 aliphatic carbocycles. The van der Waals surface area contributed by atoms with Crippen LogP contribution in [-0.2, 0) is 0 Å². The van der Waals surface area contributed by atoms with Gasteiger partial charge in [0.2, 0.25) is 0 Å². The first-order valence-corrected chi connectivity index (χ1v) is 8.06. The van der Waals surface area contributed by atoms with Gasteiger partial charge in [-0.1, -0.05) is 33.6 Å². The van der Waals surface area contributed by atoms with Gasteiger partial charge in [-0.3, -0.25) is 0 Å². The van der Waals surface area contributed by atoms with Crippen molar-refractivity contribution in [2.45, 2.75) is 6.04 Å². The molecule has 0 radical (unpaired) electrons. The van der Waals surface area contributed by atoms with Gasteiger partial charge in [-0.25, -0.2) is 0 Å². The number of halogens is 3. The highest BCUT2D eigenvalue weighted by Crippen LogP contribution is 2.38. The third-order valence-corrected chi connectivity index (χ3v) is 5.06. The third-order valence-electron chi connectivity index (χ3n) is 3.14. The topological polar surface area (TPSA) is 44.5 Å². The number of benzene rings is 2. The Hall–Kier alpha value is -0.750. The quantitative estimate of drug-likeness (QED) is 0.741. The van der Waals surface area contributed by atoms with E-state index in [1.165, 1.54) is 0 Å². The third kappa shape index (κ3) is 3.54. The number of hydrogen-bond donors (Lipinski definition) is 1. The van der Waals surface area contributed by atoms with Crippen molar-refractivity contribution in [3.63, 3.8) is 0 Å². The molecular weight excluding hydrogens is 421 g/mol. The standard InChI is InChI=1S/C15H14Br2ClNO2/c1-20-13-6-9(11(17)7-14(13)21-2)15(19)8-3-4-10(16)12(18)5-8/h3-7,15H,19H2,1-2H3. The van der Waals surface area contributed by atoms with E-state index in [1.807, 2.05) is 30.3 Å². The molecule has 2 rings (SSSR count). The van der Waals surface area contributed by atoms with Crippen LogP contribution in [0.5, 0.6) is 11.5 Å². The van der Waals surface area contributed by atoms with E-state index in [2.05, 4.69) is 31.9 Å².